The summed E-state index contributed by atoms with van der Waals surface area (Å²) in [4.78, 5) is 26.2. The second kappa shape index (κ2) is 5.50. The molecule has 1 aromatic carbocycles. The topological polar surface area (TPSA) is 49.4 Å². The molecule has 1 N–H and O–H groups in total. The lowest BCUT2D eigenvalue weighted by Gasteiger charge is -2.41. The number of rotatable bonds is 2. The van der Waals surface area contributed by atoms with Crippen LogP contribution in [0.15, 0.2) is 24.3 Å². The Bertz CT molecular complexity index is 667. The standard InChI is InChI=1S/C17H19F3N2O2/c1-16(2)15(24)21-7-8-22(16)14(23)13-9-12(13)10-3-5-11(6-4-10)17(18,19)20/h3-6,12-13H,7-9H2,1-2H3,(H,21,24). The molecule has 1 aliphatic carbocycles. The first-order chi connectivity index (χ1) is 11.1. The van der Waals surface area contributed by atoms with Crippen molar-refractivity contribution in [2.45, 2.75) is 37.9 Å². The van der Waals surface area contributed by atoms with Crippen LogP contribution in [0.25, 0.3) is 0 Å². The molecule has 0 spiro atoms. The Kier molecular flexibility index (Phi) is 3.85. The number of carbonyl (C=O) groups is 2. The van der Waals surface area contributed by atoms with Gasteiger partial charge in [0.2, 0.25) is 11.8 Å². The van der Waals surface area contributed by atoms with Crippen molar-refractivity contribution >= 4 is 11.8 Å². The van der Waals surface area contributed by atoms with Gasteiger partial charge < -0.3 is 10.2 Å². The number of carbonyl (C=O) groups excluding carboxylic acids is 2. The zero-order chi connectivity index (χ0) is 17.7. The minimum Gasteiger partial charge on any atom is -0.352 e. The van der Waals surface area contributed by atoms with Crippen LogP contribution in [-0.4, -0.2) is 35.3 Å². The Morgan fingerprint density at radius 1 is 1.25 bits per heavy atom. The molecule has 130 valence electrons. The Balaban J connectivity index is 1.71. The highest BCUT2D eigenvalue weighted by atomic mass is 19.4. The molecular formula is C17H19F3N2O2. The van der Waals surface area contributed by atoms with Crippen LogP contribution in [0.2, 0.25) is 0 Å². The number of alkyl halides is 3. The van der Waals surface area contributed by atoms with Crippen LogP contribution in [0.1, 0.15) is 37.3 Å². The molecule has 2 aliphatic rings. The van der Waals surface area contributed by atoms with E-state index in [4.69, 9.17) is 0 Å². The van der Waals surface area contributed by atoms with Crippen molar-refractivity contribution in [2.75, 3.05) is 13.1 Å². The molecule has 2 atom stereocenters. The number of benzene rings is 1. The first-order valence-electron chi connectivity index (χ1n) is 7.89. The van der Waals surface area contributed by atoms with Gasteiger partial charge >= 0.3 is 6.18 Å². The number of piperazine rings is 1. The summed E-state index contributed by atoms with van der Waals surface area (Å²) in [6, 6.07) is 4.98. The summed E-state index contributed by atoms with van der Waals surface area (Å²) in [7, 11) is 0. The predicted molar refractivity (Wildman–Crippen MR) is 81.1 cm³/mol. The third-order valence-electron chi connectivity index (χ3n) is 4.89. The molecule has 24 heavy (non-hydrogen) atoms. The molecule has 1 aromatic rings. The molecule has 1 heterocycles. The average molecular weight is 340 g/mol. The molecule has 7 heteroatoms. The van der Waals surface area contributed by atoms with E-state index in [1.807, 2.05) is 0 Å². The number of hydrogen-bond acceptors (Lipinski definition) is 2. The van der Waals surface area contributed by atoms with Crippen molar-refractivity contribution in [3.63, 3.8) is 0 Å². The van der Waals surface area contributed by atoms with Gasteiger partial charge in [-0.3, -0.25) is 9.59 Å². The van der Waals surface area contributed by atoms with Gasteiger partial charge in [0.25, 0.3) is 0 Å². The maximum Gasteiger partial charge on any atom is 0.416 e. The highest BCUT2D eigenvalue weighted by Gasteiger charge is 2.50. The largest absolute Gasteiger partial charge is 0.416 e. The minimum absolute atomic E-state index is 0.0689. The molecule has 1 aliphatic heterocycles. The van der Waals surface area contributed by atoms with Crippen LogP contribution >= 0.6 is 0 Å². The lowest BCUT2D eigenvalue weighted by molar-refractivity contribution is -0.150. The SMILES string of the molecule is CC1(C)C(=O)NCCN1C(=O)C1CC1c1ccc(C(F)(F)F)cc1. The molecule has 1 saturated carbocycles. The van der Waals surface area contributed by atoms with Crippen LogP contribution in [0.3, 0.4) is 0 Å². The molecule has 0 aromatic heterocycles. The van der Waals surface area contributed by atoms with Crippen molar-refractivity contribution in [3.05, 3.63) is 35.4 Å². The van der Waals surface area contributed by atoms with E-state index >= 15 is 0 Å². The third-order valence-corrected chi connectivity index (χ3v) is 4.89. The Morgan fingerprint density at radius 2 is 1.88 bits per heavy atom. The lowest BCUT2D eigenvalue weighted by atomic mass is 9.97. The van der Waals surface area contributed by atoms with E-state index in [9.17, 15) is 22.8 Å². The van der Waals surface area contributed by atoms with Crippen molar-refractivity contribution < 1.29 is 22.8 Å². The third kappa shape index (κ3) is 2.87. The average Bonchev–Trinajstić information content (AvgIpc) is 3.29. The van der Waals surface area contributed by atoms with Crippen LogP contribution in [0, 0.1) is 5.92 Å². The van der Waals surface area contributed by atoms with E-state index < -0.39 is 17.3 Å². The lowest BCUT2D eigenvalue weighted by Crippen LogP contribution is -2.63. The molecule has 3 rings (SSSR count). The summed E-state index contributed by atoms with van der Waals surface area (Å²) >= 11 is 0. The van der Waals surface area contributed by atoms with Gasteiger partial charge in [0.15, 0.2) is 0 Å². The molecule has 2 fully saturated rings. The fourth-order valence-electron chi connectivity index (χ4n) is 3.24. The van der Waals surface area contributed by atoms with E-state index in [1.165, 1.54) is 12.1 Å². The summed E-state index contributed by atoms with van der Waals surface area (Å²) < 4.78 is 37.8. The summed E-state index contributed by atoms with van der Waals surface area (Å²) in [5.41, 5.74) is -0.855. The summed E-state index contributed by atoms with van der Waals surface area (Å²) in [5.74, 6) is -0.610. The first kappa shape index (κ1) is 16.8. The summed E-state index contributed by atoms with van der Waals surface area (Å²) in [6.45, 7) is 4.28. The quantitative estimate of drug-likeness (QED) is 0.899. The fourth-order valence-corrected chi connectivity index (χ4v) is 3.24. The van der Waals surface area contributed by atoms with Crippen LogP contribution in [-0.2, 0) is 15.8 Å². The van der Waals surface area contributed by atoms with Gasteiger partial charge in [-0.15, -0.1) is 0 Å². The monoisotopic (exact) mass is 340 g/mol. The number of amides is 2. The van der Waals surface area contributed by atoms with E-state index in [0.29, 0.717) is 19.5 Å². The molecule has 2 amide bonds. The number of hydrogen-bond donors (Lipinski definition) is 1. The van der Waals surface area contributed by atoms with Gasteiger partial charge in [0, 0.05) is 19.0 Å². The van der Waals surface area contributed by atoms with Gasteiger partial charge in [0.1, 0.15) is 5.54 Å². The van der Waals surface area contributed by atoms with E-state index in [-0.39, 0.29) is 23.7 Å². The molecular weight excluding hydrogens is 321 g/mol. The summed E-state index contributed by atoms with van der Waals surface area (Å²) in [6.07, 6.45) is -3.75. The van der Waals surface area contributed by atoms with Gasteiger partial charge in [-0.1, -0.05) is 12.1 Å². The van der Waals surface area contributed by atoms with Crippen LogP contribution in [0.4, 0.5) is 13.2 Å². The van der Waals surface area contributed by atoms with Crippen molar-refractivity contribution in [1.29, 1.82) is 0 Å². The number of halogens is 3. The maximum absolute atomic E-state index is 12.7. The maximum atomic E-state index is 12.7. The van der Waals surface area contributed by atoms with Gasteiger partial charge in [-0.25, -0.2) is 0 Å². The second-order valence-electron chi connectivity index (χ2n) is 6.87. The number of nitrogens with zero attached hydrogens (tertiary/aromatic N) is 1. The van der Waals surface area contributed by atoms with Crippen molar-refractivity contribution in [3.8, 4) is 0 Å². The minimum atomic E-state index is -4.36. The number of nitrogens with one attached hydrogen (secondary N) is 1. The molecule has 2 unspecified atom stereocenters. The van der Waals surface area contributed by atoms with E-state index in [2.05, 4.69) is 5.32 Å². The van der Waals surface area contributed by atoms with Gasteiger partial charge in [-0.05, 0) is 43.9 Å². The second-order valence-corrected chi connectivity index (χ2v) is 6.87. The normalized spacial score (nSPS) is 26.0. The molecule has 0 radical (unpaired) electrons. The molecule has 4 nitrogen and oxygen atoms in total. The zero-order valence-corrected chi connectivity index (χ0v) is 13.5. The fraction of sp³-hybridized carbons (Fsp3) is 0.529. The van der Waals surface area contributed by atoms with Crippen LogP contribution < -0.4 is 5.32 Å². The summed E-state index contributed by atoms with van der Waals surface area (Å²) in [5, 5.41) is 2.74. The van der Waals surface area contributed by atoms with Crippen molar-refractivity contribution in [2.24, 2.45) is 5.92 Å². The Labute approximate surface area is 138 Å². The van der Waals surface area contributed by atoms with Gasteiger partial charge in [-0.2, -0.15) is 13.2 Å². The van der Waals surface area contributed by atoms with E-state index in [1.54, 1.807) is 18.7 Å². The Hall–Kier alpha value is -2.05. The zero-order valence-electron chi connectivity index (χ0n) is 13.5. The highest BCUT2D eigenvalue weighted by molar-refractivity contribution is 5.93. The van der Waals surface area contributed by atoms with Crippen LogP contribution in [0.5, 0.6) is 0 Å². The first-order valence-corrected chi connectivity index (χ1v) is 7.89. The smallest absolute Gasteiger partial charge is 0.352 e. The highest BCUT2D eigenvalue weighted by Crippen LogP contribution is 2.49. The molecule has 0 bridgehead atoms. The van der Waals surface area contributed by atoms with Crippen molar-refractivity contribution in [1.82, 2.24) is 10.2 Å². The predicted octanol–water partition coefficient (Wildman–Crippen LogP) is 2.55. The molecule has 1 saturated heterocycles. The Morgan fingerprint density at radius 3 is 2.46 bits per heavy atom. The van der Waals surface area contributed by atoms with Gasteiger partial charge in [0.05, 0.1) is 5.56 Å². The van der Waals surface area contributed by atoms with E-state index in [0.717, 1.165) is 17.7 Å².